The summed E-state index contributed by atoms with van der Waals surface area (Å²) in [5.41, 5.74) is 2.51. The predicted octanol–water partition coefficient (Wildman–Crippen LogP) is 5.41. The van der Waals surface area contributed by atoms with Crippen molar-refractivity contribution in [1.29, 1.82) is 0 Å². The van der Waals surface area contributed by atoms with Gasteiger partial charge in [0.25, 0.3) is 5.91 Å². The second kappa shape index (κ2) is 9.52. The van der Waals surface area contributed by atoms with Crippen LogP contribution in [0.2, 0.25) is 5.02 Å². The highest BCUT2D eigenvalue weighted by Crippen LogP contribution is 2.32. The number of amides is 2. The molecule has 3 rings (SSSR count). The zero-order chi connectivity index (χ0) is 21.0. The summed E-state index contributed by atoms with van der Waals surface area (Å²) in [7, 11) is 0. The number of nitrogens with zero attached hydrogens (tertiary/aromatic N) is 1. The first-order chi connectivity index (χ1) is 13.8. The Morgan fingerprint density at radius 1 is 1.28 bits per heavy atom. The van der Waals surface area contributed by atoms with Crippen molar-refractivity contribution in [1.82, 2.24) is 4.90 Å². The molecule has 1 fully saturated rings. The number of thiocarbonyl (C=S) groups is 1. The van der Waals surface area contributed by atoms with E-state index >= 15 is 0 Å². The van der Waals surface area contributed by atoms with Gasteiger partial charge in [-0.25, -0.2) is 4.39 Å². The van der Waals surface area contributed by atoms with Crippen molar-refractivity contribution in [3.8, 4) is 0 Å². The highest BCUT2D eigenvalue weighted by Gasteiger charge is 2.31. The molecule has 0 unspecified atom stereocenters. The van der Waals surface area contributed by atoms with E-state index in [1.165, 1.54) is 34.9 Å². The third kappa shape index (κ3) is 5.65. The van der Waals surface area contributed by atoms with E-state index in [2.05, 4.69) is 5.32 Å². The Morgan fingerprint density at radius 3 is 2.69 bits per heavy atom. The molecule has 4 nitrogen and oxygen atoms in total. The SMILES string of the molecule is Cc1ccc(/C=C2\SC(=S)N(CCCC(=O)Nc3ccc(F)c(Cl)c3)C2=O)cc1. The molecule has 1 saturated heterocycles. The van der Waals surface area contributed by atoms with Gasteiger partial charge in [-0.05, 0) is 43.2 Å². The normalized spacial score (nSPS) is 15.3. The minimum atomic E-state index is -0.544. The fourth-order valence-electron chi connectivity index (χ4n) is 2.70. The van der Waals surface area contributed by atoms with Crippen molar-refractivity contribution >= 4 is 63.5 Å². The maximum absolute atomic E-state index is 13.2. The van der Waals surface area contributed by atoms with Gasteiger partial charge in [0.2, 0.25) is 5.91 Å². The van der Waals surface area contributed by atoms with E-state index in [9.17, 15) is 14.0 Å². The highest BCUT2D eigenvalue weighted by molar-refractivity contribution is 8.26. The highest BCUT2D eigenvalue weighted by atomic mass is 35.5. The van der Waals surface area contributed by atoms with Gasteiger partial charge in [-0.1, -0.05) is 65.4 Å². The van der Waals surface area contributed by atoms with Crippen molar-refractivity contribution < 1.29 is 14.0 Å². The van der Waals surface area contributed by atoms with E-state index in [-0.39, 0.29) is 23.3 Å². The predicted molar refractivity (Wildman–Crippen MR) is 120 cm³/mol. The standard InChI is InChI=1S/C21H18ClFN2O2S2/c1-13-4-6-14(7-5-13)11-18-20(27)25(21(28)29-18)10-2-3-19(26)24-15-8-9-17(23)16(22)12-15/h4-9,11-12H,2-3,10H2,1H3,(H,24,26)/b18-11-. The number of carbonyl (C=O) groups excluding carboxylic acids is 2. The van der Waals surface area contributed by atoms with Gasteiger partial charge in [0.05, 0.1) is 9.93 Å². The first-order valence-electron chi connectivity index (χ1n) is 8.90. The van der Waals surface area contributed by atoms with Crippen molar-refractivity contribution in [2.24, 2.45) is 0 Å². The monoisotopic (exact) mass is 448 g/mol. The smallest absolute Gasteiger partial charge is 0.266 e. The van der Waals surface area contributed by atoms with E-state index in [0.29, 0.717) is 27.9 Å². The topological polar surface area (TPSA) is 49.4 Å². The lowest BCUT2D eigenvalue weighted by Crippen LogP contribution is -2.29. The number of aryl methyl sites for hydroxylation is 1. The van der Waals surface area contributed by atoms with Gasteiger partial charge in [-0.2, -0.15) is 0 Å². The van der Waals surface area contributed by atoms with Crippen molar-refractivity contribution in [2.45, 2.75) is 19.8 Å². The van der Waals surface area contributed by atoms with Crippen LogP contribution in [0.1, 0.15) is 24.0 Å². The summed E-state index contributed by atoms with van der Waals surface area (Å²) >= 11 is 12.3. The van der Waals surface area contributed by atoms with Crippen LogP contribution in [0.4, 0.5) is 10.1 Å². The molecule has 1 aliphatic rings. The summed E-state index contributed by atoms with van der Waals surface area (Å²) in [5.74, 6) is -0.933. The lowest BCUT2D eigenvalue weighted by molar-refractivity contribution is -0.122. The molecule has 0 atom stereocenters. The number of rotatable bonds is 6. The minimum Gasteiger partial charge on any atom is -0.326 e. The third-order valence-electron chi connectivity index (χ3n) is 4.24. The van der Waals surface area contributed by atoms with E-state index in [0.717, 1.165) is 11.1 Å². The molecule has 0 bridgehead atoms. The van der Waals surface area contributed by atoms with Crippen molar-refractivity contribution in [3.63, 3.8) is 0 Å². The molecule has 0 aromatic heterocycles. The van der Waals surface area contributed by atoms with Gasteiger partial charge >= 0.3 is 0 Å². The second-order valence-corrected chi connectivity index (χ2v) is 8.61. The molecule has 8 heteroatoms. The molecule has 1 N–H and O–H groups in total. The average molecular weight is 449 g/mol. The molecule has 150 valence electrons. The number of hydrogen-bond donors (Lipinski definition) is 1. The number of nitrogens with one attached hydrogen (secondary N) is 1. The molecular weight excluding hydrogens is 431 g/mol. The molecular formula is C21H18ClFN2O2S2. The first kappa shape index (κ1) is 21.5. The zero-order valence-electron chi connectivity index (χ0n) is 15.6. The van der Waals surface area contributed by atoms with E-state index < -0.39 is 5.82 Å². The zero-order valence-corrected chi connectivity index (χ0v) is 18.0. The van der Waals surface area contributed by atoms with Gasteiger partial charge < -0.3 is 5.32 Å². The van der Waals surface area contributed by atoms with Crippen LogP contribution in [-0.2, 0) is 9.59 Å². The number of carbonyl (C=O) groups is 2. The Kier molecular flexibility index (Phi) is 7.05. The summed E-state index contributed by atoms with van der Waals surface area (Å²) in [5, 5.41) is 2.61. The number of halogens is 2. The third-order valence-corrected chi connectivity index (χ3v) is 5.91. The van der Waals surface area contributed by atoms with E-state index in [1.807, 2.05) is 37.3 Å². The quantitative estimate of drug-likeness (QED) is 0.474. The van der Waals surface area contributed by atoms with Crippen LogP contribution in [0.15, 0.2) is 47.4 Å². The Labute approximate surface area is 183 Å². The molecule has 0 aliphatic carbocycles. The molecule has 0 saturated carbocycles. The van der Waals surface area contributed by atoms with Gasteiger partial charge in [-0.3, -0.25) is 14.5 Å². The molecule has 1 aliphatic heterocycles. The Hall–Kier alpha value is -2.22. The summed E-state index contributed by atoms with van der Waals surface area (Å²) in [4.78, 5) is 26.8. The lowest BCUT2D eigenvalue weighted by Gasteiger charge is -2.14. The van der Waals surface area contributed by atoms with E-state index in [4.69, 9.17) is 23.8 Å². The fraction of sp³-hybridized carbons (Fsp3) is 0.190. The molecule has 29 heavy (non-hydrogen) atoms. The van der Waals surface area contributed by atoms with Crippen LogP contribution in [-0.4, -0.2) is 27.6 Å². The van der Waals surface area contributed by atoms with Crippen LogP contribution >= 0.6 is 35.6 Å². The Morgan fingerprint density at radius 2 is 2.00 bits per heavy atom. The number of thioether (sulfide) groups is 1. The molecule has 2 aromatic carbocycles. The Bertz CT molecular complexity index is 993. The average Bonchev–Trinajstić information content (AvgIpc) is 2.94. The summed E-state index contributed by atoms with van der Waals surface area (Å²) < 4.78 is 13.7. The molecule has 0 radical (unpaired) electrons. The summed E-state index contributed by atoms with van der Waals surface area (Å²) in [6, 6.07) is 11.9. The lowest BCUT2D eigenvalue weighted by atomic mass is 10.1. The maximum Gasteiger partial charge on any atom is 0.266 e. The van der Waals surface area contributed by atoms with Gasteiger partial charge in [0.1, 0.15) is 10.1 Å². The first-order valence-corrected chi connectivity index (χ1v) is 10.5. The van der Waals surface area contributed by atoms with Crippen LogP contribution in [0.25, 0.3) is 6.08 Å². The fourth-order valence-corrected chi connectivity index (χ4v) is 4.19. The van der Waals surface area contributed by atoms with Crippen molar-refractivity contribution in [2.75, 3.05) is 11.9 Å². The number of benzene rings is 2. The van der Waals surface area contributed by atoms with Crippen LogP contribution in [0.5, 0.6) is 0 Å². The van der Waals surface area contributed by atoms with Crippen LogP contribution < -0.4 is 5.32 Å². The molecule has 0 spiro atoms. The van der Waals surface area contributed by atoms with Gasteiger partial charge in [-0.15, -0.1) is 0 Å². The number of anilines is 1. The van der Waals surface area contributed by atoms with E-state index in [1.54, 1.807) is 0 Å². The largest absolute Gasteiger partial charge is 0.326 e. The van der Waals surface area contributed by atoms with Gasteiger partial charge in [0.15, 0.2) is 0 Å². The minimum absolute atomic E-state index is 0.0549. The molecule has 2 amide bonds. The van der Waals surface area contributed by atoms with Crippen LogP contribution in [0, 0.1) is 12.7 Å². The summed E-state index contributed by atoms with van der Waals surface area (Å²) in [6.07, 6.45) is 2.47. The number of hydrogen-bond acceptors (Lipinski definition) is 4. The van der Waals surface area contributed by atoms with Crippen molar-refractivity contribution in [3.05, 3.63) is 69.3 Å². The summed E-state index contributed by atoms with van der Waals surface area (Å²) in [6.45, 7) is 2.36. The molecule has 2 aromatic rings. The van der Waals surface area contributed by atoms with Crippen LogP contribution in [0.3, 0.4) is 0 Å². The molecule has 1 heterocycles. The van der Waals surface area contributed by atoms with Gasteiger partial charge in [0, 0.05) is 18.7 Å². The Balaban J connectivity index is 1.53. The maximum atomic E-state index is 13.2. The second-order valence-electron chi connectivity index (χ2n) is 6.52.